The van der Waals surface area contributed by atoms with E-state index in [1.165, 1.54) is 199 Å². The van der Waals surface area contributed by atoms with Crippen molar-refractivity contribution in [3.63, 3.8) is 0 Å². The first-order valence-corrected chi connectivity index (χ1v) is 26.9. The van der Waals surface area contributed by atoms with Crippen molar-refractivity contribution in [3.8, 4) is 0 Å². The molecule has 6 heteroatoms. The van der Waals surface area contributed by atoms with Crippen molar-refractivity contribution in [3.05, 3.63) is 0 Å². The molecule has 0 radical (unpaired) electrons. The van der Waals surface area contributed by atoms with Crippen LogP contribution in [-0.4, -0.2) is 37.2 Å². The molecule has 0 heterocycles. The number of rotatable bonds is 49. The highest BCUT2D eigenvalue weighted by Crippen LogP contribution is 2.17. The van der Waals surface area contributed by atoms with E-state index in [-0.39, 0.29) is 31.1 Å². The van der Waals surface area contributed by atoms with Crippen molar-refractivity contribution in [2.45, 2.75) is 310 Å². The molecule has 0 bridgehead atoms. The van der Waals surface area contributed by atoms with Gasteiger partial charge in [-0.1, -0.05) is 265 Å². The van der Waals surface area contributed by atoms with E-state index < -0.39 is 6.10 Å². The molecule has 60 heavy (non-hydrogen) atoms. The largest absolute Gasteiger partial charge is 0.462 e. The average Bonchev–Trinajstić information content (AvgIpc) is 3.23. The molecule has 0 rings (SSSR count). The Bertz CT molecular complexity index is 903. The molecule has 0 unspecified atom stereocenters. The van der Waals surface area contributed by atoms with Gasteiger partial charge in [0, 0.05) is 19.3 Å². The standard InChI is InChI=1S/C54H104O6/c1-5-7-9-11-13-15-17-26-31-35-39-43-47-54(57)60-51(48-58-52(55)45-41-37-33-29-24-16-14-12-10-8-6-2)49-59-53(56)46-42-38-34-30-27-23-21-19-18-20-22-25-28-32-36-40-44-50(3)4/h50-51H,5-49H2,1-4H3/t51-/m1/s1. The Morgan fingerprint density at radius 2 is 0.550 bits per heavy atom. The summed E-state index contributed by atoms with van der Waals surface area (Å²) < 4.78 is 16.8. The van der Waals surface area contributed by atoms with Crippen LogP contribution < -0.4 is 0 Å². The van der Waals surface area contributed by atoms with Gasteiger partial charge in [-0.2, -0.15) is 0 Å². The molecule has 0 saturated heterocycles. The third-order valence-corrected chi connectivity index (χ3v) is 12.3. The summed E-state index contributed by atoms with van der Waals surface area (Å²) >= 11 is 0. The molecule has 0 aliphatic carbocycles. The van der Waals surface area contributed by atoms with Gasteiger partial charge in [0.15, 0.2) is 6.10 Å². The highest BCUT2D eigenvalue weighted by molar-refractivity contribution is 5.71. The molecule has 0 aliphatic rings. The predicted molar refractivity (Wildman–Crippen MR) is 257 cm³/mol. The fourth-order valence-corrected chi connectivity index (χ4v) is 8.22. The summed E-state index contributed by atoms with van der Waals surface area (Å²) in [5.41, 5.74) is 0. The van der Waals surface area contributed by atoms with E-state index in [1.54, 1.807) is 0 Å². The number of carbonyl (C=O) groups excluding carboxylic acids is 3. The van der Waals surface area contributed by atoms with E-state index in [2.05, 4.69) is 27.7 Å². The number of unbranched alkanes of at least 4 members (excludes halogenated alkanes) is 36. The fourth-order valence-electron chi connectivity index (χ4n) is 8.22. The monoisotopic (exact) mass is 849 g/mol. The third kappa shape index (κ3) is 47.5. The smallest absolute Gasteiger partial charge is 0.306 e. The Kier molecular flexibility index (Phi) is 47.2. The molecule has 0 aromatic heterocycles. The molecule has 0 aromatic carbocycles. The van der Waals surface area contributed by atoms with Gasteiger partial charge in [0.1, 0.15) is 13.2 Å². The van der Waals surface area contributed by atoms with Gasteiger partial charge in [0.2, 0.25) is 0 Å². The average molecular weight is 849 g/mol. The number of carbonyl (C=O) groups is 3. The van der Waals surface area contributed by atoms with Gasteiger partial charge in [-0.25, -0.2) is 0 Å². The molecule has 6 nitrogen and oxygen atoms in total. The maximum Gasteiger partial charge on any atom is 0.306 e. The summed E-state index contributed by atoms with van der Waals surface area (Å²) in [5, 5.41) is 0. The van der Waals surface area contributed by atoms with Crippen LogP contribution in [-0.2, 0) is 28.6 Å². The minimum atomic E-state index is -0.760. The second-order valence-corrected chi connectivity index (χ2v) is 19.0. The maximum atomic E-state index is 12.8. The van der Waals surface area contributed by atoms with Crippen LogP contribution in [0.2, 0.25) is 0 Å². The van der Waals surface area contributed by atoms with E-state index in [0.717, 1.165) is 63.7 Å². The Balaban J connectivity index is 4.23. The predicted octanol–water partition coefficient (Wildman–Crippen LogP) is 17.5. The molecular weight excluding hydrogens is 745 g/mol. The first kappa shape index (κ1) is 58.4. The molecule has 0 amide bonds. The zero-order valence-electron chi connectivity index (χ0n) is 40.9. The van der Waals surface area contributed by atoms with Gasteiger partial charge in [-0.15, -0.1) is 0 Å². The third-order valence-electron chi connectivity index (χ3n) is 12.3. The molecule has 0 saturated carbocycles. The fraction of sp³-hybridized carbons (Fsp3) is 0.944. The second-order valence-electron chi connectivity index (χ2n) is 19.0. The summed E-state index contributed by atoms with van der Waals surface area (Å²) in [6, 6.07) is 0. The Morgan fingerprint density at radius 3 is 0.817 bits per heavy atom. The van der Waals surface area contributed by atoms with Crippen LogP contribution in [0.4, 0.5) is 0 Å². The van der Waals surface area contributed by atoms with Gasteiger partial charge in [0.05, 0.1) is 0 Å². The van der Waals surface area contributed by atoms with E-state index in [9.17, 15) is 14.4 Å². The van der Waals surface area contributed by atoms with Crippen LogP contribution in [0.5, 0.6) is 0 Å². The van der Waals surface area contributed by atoms with E-state index in [4.69, 9.17) is 14.2 Å². The normalized spacial score (nSPS) is 11.9. The minimum Gasteiger partial charge on any atom is -0.462 e. The van der Waals surface area contributed by atoms with Crippen LogP contribution >= 0.6 is 0 Å². The lowest BCUT2D eigenvalue weighted by Gasteiger charge is -2.18. The molecule has 356 valence electrons. The Labute approximate surface area is 374 Å². The zero-order chi connectivity index (χ0) is 43.8. The number of ether oxygens (including phenoxy) is 3. The van der Waals surface area contributed by atoms with Crippen molar-refractivity contribution in [2.75, 3.05) is 13.2 Å². The molecule has 0 spiro atoms. The van der Waals surface area contributed by atoms with Crippen molar-refractivity contribution >= 4 is 17.9 Å². The topological polar surface area (TPSA) is 78.9 Å². The van der Waals surface area contributed by atoms with E-state index >= 15 is 0 Å². The van der Waals surface area contributed by atoms with Crippen molar-refractivity contribution in [1.82, 2.24) is 0 Å². The summed E-state index contributed by atoms with van der Waals surface area (Å²) in [7, 11) is 0. The Morgan fingerprint density at radius 1 is 0.317 bits per heavy atom. The first-order chi connectivity index (χ1) is 29.4. The van der Waals surface area contributed by atoms with Gasteiger partial charge in [-0.05, 0) is 25.2 Å². The van der Waals surface area contributed by atoms with E-state index in [1.807, 2.05) is 0 Å². The second kappa shape index (κ2) is 48.4. The lowest BCUT2D eigenvalue weighted by atomic mass is 10.0. The summed E-state index contributed by atoms with van der Waals surface area (Å²) in [6.07, 6.45) is 50.9. The van der Waals surface area contributed by atoms with Crippen LogP contribution in [0, 0.1) is 5.92 Å². The van der Waals surface area contributed by atoms with E-state index in [0.29, 0.717) is 19.3 Å². The molecule has 0 fully saturated rings. The summed E-state index contributed by atoms with van der Waals surface area (Å²) in [6.45, 7) is 9.04. The van der Waals surface area contributed by atoms with Gasteiger partial charge in [-0.3, -0.25) is 14.4 Å². The van der Waals surface area contributed by atoms with Crippen molar-refractivity contribution < 1.29 is 28.6 Å². The SMILES string of the molecule is CCCCCCCCCCCCCCC(=O)O[C@H](COC(=O)CCCCCCCCCCCCC)COC(=O)CCCCCCCCCCCCCCCCCCC(C)C. The van der Waals surface area contributed by atoms with Crippen LogP contribution in [0.3, 0.4) is 0 Å². The first-order valence-electron chi connectivity index (χ1n) is 26.9. The highest BCUT2D eigenvalue weighted by atomic mass is 16.6. The number of hydrogen-bond acceptors (Lipinski definition) is 6. The molecule has 0 aliphatic heterocycles. The van der Waals surface area contributed by atoms with Gasteiger partial charge in [0.25, 0.3) is 0 Å². The lowest BCUT2D eigenvalue weighted by molar-refractivity contribution is -0.167. The zero-order valence-corrected chi connectivity index (χ0v) is 40.9. The van der Waals surface area contributed by atoms with Crippen molar-refractivity contribution in [2.24, 2.45) is 5.92 Å². The highest BCUT2D eigenvalue weighted by Gasteiger charge is 2.19. The molecule has 1 atom stereocenters. The minimum absolute atomic E-state index is 0.0623. The molecular formula is C54H104O6. The number of esters is 3. The summed E-state index contributed by atoms with van der Waals surface area (Å²) in [5.74, 6) is 0.0108. The van der Waals surface area contributed by atoms with Gasteiger partial charge < -0.3 is 14.2 Å². The quantitative estimate of drug-likeness (QED) is 0.0345. The Hall–Kier alpha value is -1.59. The van der Waals surface area contributed by atoms with Crippen LogP contribution in [0.25, 0.3) is 0 Å². The molecule has 0 aromatic rings. The van der Waals surface area contributed by atoms with Crippen molar-refractivity contribution in [1.29, 1.82) is 0 Å². The summed E-state index contributed by atoms with van der Waals surface area (Å²) in [4.78, 5) is 37.9. The molecule has 0 N–H and O–H groups in total. The number of hydrogen-bond donors (Lipinski definition) is 0. The van der Waals surface area contributed by atoms with Crippen LogP contribution in [0.15, 0.2) is 0 Å². The van der Waals surface area contributed by atoms with Gasteiger partial charge >= 0.3 is 17.9 Å². The van der Waals surface area contributed by atoms with Crippen LogP contribution in [0.1, 0.15) is 304 Å². The maximum absolute atomic E-state index is 12.8. The lowest BCUT2D eigenvalue weighted by Crippen LogP contribution is -2.30.